The first kappa shape index (κ1) is 20.9. The number of hydrogen-bond donors (Lipinski definition) is 3. The molecule has 0 bridgehead atoms. The van der Waals surface area contributed by atoms with Crippen LogP contribution in [0.15, 0.2) is 48.7 Å². The van der Waals surface area contributed by atoms with E-state index in [9.17, 15) is 14.4 Å². The highest BCUT2D eigenvalue weighted by Crippen LogP contribution is 2.11. The van der Waals surface area contributed by atoms with Gasteiger partial charge in [-0.15, -0.1) is 0 Å². The van der Waals surface area contributed by atoms with E-state index in [1.807, 2.05) is 30.3 Å². The number of nitrogens with one attached hydrogen (secondary N) is 2. The van der Waals surface area contributed by atoms with Crippen molar-refractivity contribution in [1.29, 1.82) is 0 Å². The van der Waals surface area contributed by atoms with Crippen LogP contribution in [0.3, 0.4) is 0 Å². The average molecular weight is 384 g/mol. The Morgan fingerprint density at radius 1 is 1.14 bits per heavy atom. The molecule has 2 rings (SSSR count). The fourth-order valence-corrected chi connectivity index (χ4v) is 2.65. The number of aromatic nitrogens is 1. The molecule has 0 radical (unpaired) electrons. The van der Waals surface area contributed by atoms with E-state index in [-0.39, 0.29) is 24.2 Å². The minimum atomic E-state index is -0.920. The number of hydrogen-bond acceptors (Lipinski definition) is 4. The summed E-state index contributed by atoms with van der Waals surface area (Å²) in [5.41, 5.74) is 1.40. The quantitative estimate of drug-likeness (QED) is 0.647. The van der Waals surface area contributed by atoms with E-state index in [2.05, 4.69) is 15.6 Å². The molecule has 1 aromatic heterocycles. The van der Waals surface area contributed by atoms with Crippen molar-refractivity contribution in [2.24, 2.45) is 0 Å². The molecule has 28 heavy (non-hydrogen) atoms. The third-order valence-corrected chi connectivity index (χ3v) is 4.02. The summed E-state index contributed by atoms with van der Waals surface area (Å²) < 4.78 is 0. The van der Waals surface area contributed by atoms with E-state index in [0.717, 1.165) is 5.56 Å². The van der Waals surface area contributed by atoms with Crippen molar-refractivity contribution in [3.8, 4) is 0 Å². The van der Waals surface area contributed by atoms with Gasteiger partial charge in [0, 0.05) is 38.3 Å². The van der Waals surface area contributed by atoms with E-state index in [0.29, 0.717) is 18.4 Å². The van der Waals surface area contributed by atoms with Gasteiger partial charge in [0.2, 0.25) is 0 Å². The van der Waals surface area contributed by atoms with Crippen LogP contribution < -0.4 is 10.6 Å². The Bertz CT molecular complexity index is 824. The molecule has 0 aliphatic rings. The molecule has 0 saturated heterocycles. The van der Waals surface area contributed by atoms with Crippen LogP contribution in [0.5, 0.6) is 0 Å². The Labute approximate surface area is 163 Å². The number of aliphatic carboxylic acids is 1. The maximum absolute atomic E-state index is 12.4. The molecule has 8 heteroatoms. The molecule has 1 unspecified atom stereocenters. The van der Waals surface area contributed by atoms with Crippen LogP contribution in [0, 0.1) is 0 Å². The van der Waals surface area contributed by atoms with Gasteiger partial charge in [0.25, 0.3) is 5.91 Å². The van der Waals surface area contributed by atoms with Gasteiger partial charge in [0.1, 0.15) is 5.82 Å². The lowest BCUT2D eigenvalue weighted by molar-refractivity contribution is -0.137. The topological polar surface area (TPSA) is 112 Å². The van der Waals surface area contributed by atoms with E-state index in [1.165, 1.54) is 17.2 Å². The summed E-state index contributed by atoms with van der Waals surface area (Å²) in [4.78, 5) is 40.8. The molecule has 3 N–H and O–H groups in total. The van der Waals surface area contributed by atoms with Gasteiger partial charge in [-0.2, -0.15) is 0 Å². The average Bonchev–Trinajstić information content (AvgIpc) is 2.66. The van der Waals surface area contributed by atoms with Crippen LogP contribution in [-0.2, 0) is 11.2 Å². The molecular formula is C20H24N4O4. The van der Waals surface area contributed by atoms with Gasteiger partial charge < -0.3 is 15.3 Å². The van der Waals surface area contributed by atoms with Crippen molar-refractivity contribution in [3.05, 3.63) is 59.8 Å². The first-order valence-electron chi connectivity index (χ1n) is 8.86. The van der Waals surface area contributed by atoms with Gasteiger partial charge in [-0.1, -0.05) is 30.3 Å². The maximum Gasteiger partial charge on any atom is 0.320 e. The Hall–Kier alpha value is -3.42. The molecule has 0 aliphatic carbocycles. The van der Waals surface area contributed by atoms with Crippen molar-refractivity contribution in [1.82, 2.24) is 15.2 Å². The Kier molecular flexibility index (Phi) is 7.50. The number of carboxylic acids is 1. The number of carboxylic acid groups (broad SMARTS) is 1. The zero-order chi connectivity index (χ0) is 20.5. The highest BCUT2D eigenvalue weighted by Gasteiger charge is 2.16. The zero-order valence-corrected chi connectivity index (χ0v) is 15.9. The molecule has 0 aliphatic heterocycles. The molecule has 0 spiro atoms. The third-order valence-electron chi connectivity index (χ3n) is 4.02. The fourth-order valence-electron chi connectivity index (χ4n) is 2.65. The van der Waals surface area contributed by atoms with E-state index in [4.69, 9.17) is 5.11 Å². The standard InChI is InChI=1S/C20H24N4O4/c1-24(2)19(27)15-10-11-21-17(13-15)23-20(28)22-16(8-9-18(25)26)12-14-6-4-3-5-7-14/h3-7,10-11,13,16H,8-9,12H2,1-2H3,(H,25,26)(H2,21,22,23,28). The summed E-state index contributed by atoms with van der Waals surface area (Å²) >= 11 is 0. The molecule has 0 fully saturated rings. The number of nitrogens with zero attached hydrogens (tertiary/aromatic N) is 2. The first-order valence-corrected chi connectivity index (χ1v) is 8.86. The lowest BCUT2D eigenvalue weighted by atomic mass is 10.0. The predicted octanol–water partition coefficient (Wildman–Crippen LogP) is 2.38. The van der Waals surface area contributed by atoms with E-state index < -0.39 is 12.0 Å². The van der Waals surface area contributed by atoms with Crippen LogP contribution >= 0.6 is 0 Å². The molecule has 0 saturated carbocycles. The van der Waals surface area contributed by atoms with Crippen molar-refractivity contribution in [3.63, 3.8) is 0 Å². The summed E-state index contributed by atoms with van der Waals surface area (Å²) in [7, 11) is 3.28. The van der Waals surface area contributed by atoms with Crippen molar-refractivity contribution in [2.45, 2.75) is 25.3 Å². The van der Waals surface area contributed by atoms with E-state index >= 15 is 0 Å². The zero-order valence-electron chi connectivity index (χ0n) is 15.9. The molecular weight excluding hydrogens is 360 g/mol. The molecule has 8 nitrogen and oxygen atoms in total. The smallest absolute Gasteiger partial charge is 0.320 e. The monoisotopic (exact) mass is 384 g/mol. The molecule has 148 valence electrons. The van der Waals surface area contributed by atoms with E-state index in [1.54, 1.807) is 20.2 Å². The number of urea groups is 1. The number of carbonyl (C=O) groups is 3. The van der Waals surface area contributed by atoms with Crippen LogP contribution in [-0.4, -0.2) is 53.0 Å². The van der Waals surface area contributed by atoms with Gasteiger partial charge in [-0.25, -0.2) is 9.78 Å². The Morgan fingerprint density at radius 3 is 2.50 bits per heavy atom. The molecule has 1 heterocycles. The number of amides is 3. The van der Waals surface area contributed by atoms with Crippen molar-refractivity contribution >= 4 is 23.7 Å². The number of anilines is 1. The Balaban J connectivity index is 2.03. The van der Waals surface area contributed by atoms with Gasteiger partial charge >= 0.3 is 12.0 Å². The second-order valence-corrected chi connectivity index (χ2v) is 6.55. The van der Waals surface area contributed by atoms with Gasteiger partial charge in [-0.3, -0.25) is 14.9 Å². The maximum atomic E-state index is 12.4. The minimum absolute atomic E-state index is 0.0527. The van der Waals surface area contributed by atoms with Gasteiger partial charge in [0.05, 0.1) is 0 Å². The molecule has 3 amide bonds. The van der Waals surface area contributed by atoms with Gasteiger partial charge in [-0.05, 0) is 30.5 Å². The van der Waals surface area contributed by atoms with Crippen LogP contribution in [0.4, 0.5) is 10.6 Å². The first-order chi connectivity index (χ1) is 13.3. The van der Waals surface area contributed by atoms with Crippen molar-refractivity contribution < 1.29 is 19.5 Å². The largest absolute Gasteiger partial charge is 0.481 e. The van der Waals surface area contributed by atoms with Crippen LogP contribution in [0.1, 0.15) is 28.8 Å². The molecule has 2 aromatic rings. The van der Waals surface area contributed by atoms with Crippen molar-refractivity contribution in [2.75, 3.05) is 19.4 Å². The number of pyridine rings is 1. The summed E-state index contributed by atoms with van der Waals surface area (Å²) in [5, 5.41) is 14.3. The third kappa shape index (κ3) is 6.71. The number of benzene rings is 1. The number of carbonyl (C=O) groups excluding carboxylic acids is 2. The number of rotatable bonds is 8. The van der Waals surface area contributed by atoms with Crippen LogP contribution in [0.2, 0.25) is 0 Å². The highest BCUT2D eigenvalue weighted by atomic mass is 16.4. The fraction of sp³-hybridized carbons (Fsp3) is 0.300. The normalized spacial score (nSPS) is 11.4. The highest BCUT2D eigenvalue weighted by molar-refractivity contribution is 5.96. The molecule has 1 atom stereocenters. The van der Waals surface area contributed by atoms with Gasteiger partial charge in [0.15, 0.2) is 0 Å². The summed E-state index contributed by atoms with van der Waals surface area (Å²) in [6.45, 7) is 0. The predicted molar refractivity (Wildman–Crippen MR) is 105 cm³/mol. The summed E-state index contributed by atoms with van der Waals surface area (Å²) in [6, 6.07) is 11.7. The van der Waals surface area contributed by atoms with Crippen LogP contribution in [0.25, 0.3) is 0 Å². The summed E-state index contributed by atoms with van der Waals surface area (Å²) in [6.07, 6.45) is 2.19. The minimum Gasteiger partial charge on any atom is -0.481 e. The second-order valence-electron chi connectivity index (χ2n) is 6.55. The SMILES string of the molecule is CN(C)C(=O)c1ccnc(NC(=O)NC(CCC(=O)O)Cc2ccccc2)c1. The summed E-state index contributed by atoms with van der Waals surface area (Å²) in [5.74, 6) is -0.881. The second kappa shape index (κ2) is 10.1. The lowest BCUT2D eigenvalue weighted by Crippen LogP contribution is -2.39. The Morgan fingerprint density at radius 2 is 1.86 bits per heavy atom. The molecule has 1 aromatic carbocycles. The lowest BCUT2D eigenvalue weighted by Gasteiger charge is -2.19.